The van der Waals surface area contributed by atoms with Gasteiger partial charge in [0.05, 0.1) is 18.8 Å². The van der Waals surface area contributed by atoms with Crippen LogP contribution in [0.5, 0.6) is 0 Å². The lowest BCUT2D eigenvalue weighted by Crippen LogP contribution is -2.31. The number of aliphatic hydroxyl groups excluding tert-OH is 1. The molecule has 1 saturated heterocycles. The molecule has 0 aliphatic carbocycles. The molecule has 1 aliphatic heterocycles. The molecule has 0 unspecified atom stereocenters. The van der Waals surface area contributed by atoms with Crippen LogP contribution in [0.3, 0.4) is 0 Å². The maximum atomic E-state index is 12.4. The number of nitrogens with zero attached hydrogens (tertiary/aromatic N) is 2. The highest BCUT2D eigenvalue weighted by molar-refractivity contribution is 7.99. The molecular weight excluding hydrogens is 612 g/mol. The van der Waals surface area contributed by atoms with Crippen LogP contribution < -0.4 is 10.6 Å². The summed E-state index contributed by atoms with van der Waals surface area (Å²) in [6, 6.07) is 26.1. The number of carbonyl (C=O) groups excluding carboxylic acids is 2. The lowest BCUT2D eigenvalue weighted by atomic mass is 9.99. The number of hydrogen-bond donors (Lipinski definition) is 3. The number of benzene rings is 3. The van der Waals surface area contributed by atoms with Crippen LogP contribution in [0.15, 0.2) is 96.4 Å². The Morgan fingerprint density at radius 1 is 0.851 bits per heavy atom. The van der Waals surface area contributed by atoms with E-state index in [4.69, 9.17) is 9.47 Å². The van der Waals surface area contributed by atoms with Crippen molar-refractivity contribution >= 4 is 23.6 Å². The number of unbranched alkanes of at least 4 members (excludes halogenated alkanes) is 2. The van der Waals surface area contributed by atoms with E-state index < -0.39 is 6.29 Å². The number of aliphatic hydroxyl groups is 1. The molecule has 5 rings (SSSR count). The topological polar surface area (TPSA) is 123 Å². The highest BCUT2D eigenvalue weighted by Gasteiger charge is 2.32. The van der Waals surface area contributed by atoms with Crippen LogP contribution in [0.2, 0.25) is 0 Å². The minimum Gasteiger partial charge on any atom is -0.392 e. The van der Waals surface area contributed by atoms with Crippen molar-refractivity contribution in [3.05, 3.63) is 114 Å². The molecule has 4 aromatic rings. The Labute approximate surface area is 280 Å². The Kier molecular flexibility index (Phi) is 12.9. The zero-order valence-electron chi connectivity index (χ0n) is 26.6. The van der Waals surface area contributed by atoms with Gasteiger partial charge < -0.3 is 25.2 Å². The molecule has 3 N–H and O–H groups in total. The number of rotatable bonds is 15. The second-order valence-electron chi connectivity index (χ2n) is 11.6. The summed E-state index contributed by atoms with van der Waals surface area (Å²) in [5.74, 6) is 0.695. The van der Waals surface area contributed by atoms with Gasteiger partial charge in [-0.2, -0.15) is 0 Å². The Balaban J connectivity index is 1.19. The first-order valence-electron chi connectivity index (χ1n) is 16.1. The second-order valence-corrected chi connectivity index (χ2v) is 12.6. The van der Waals surface area contributed by atoms with E-state index in [0.29, 0.717) is 36.8 Å². The molecule has 3 aromatic carbocycles. The fourth-order valence-electron chi connectivity index (χ4n) is 5.38. The molecule has 2 amide bonds. The van der Waals surface area contributed by atoms with Crippen molar-refractivity contribution < 1.29 is 24.2 Å². The molecule has 2 heterocycles. The van der Waals surface area contributed by atoms with Crippen molar-refractivity contribution in [3.63, 3.8) is 0 Å². The summed E-state index contributed by atoms with van der Waals surface area (Å²) in [5.41, 5.74) is 5.98. The highest BCUT2D eigenvalue weighted by atomic mass is 32.2. The van der Waals surface area contributed by atoms with Gasteiger partial charge in [-0.1, -0.05) is 84.9 Å². The van der Waals surface area contributed by atoms with E-state index in [0.717, 1.165) is 52.6 Å². The number of hydrogen-bond acceptors (Lipinski definition) is 8. The van der Waals surface area contributed by atoms with Gasteiger partial charge in [0.1, 0.15) is 0 Å². The van der Waals surface area contributed by atoms with Crippen LogP contribution >= 0.6 is 11.8 Å². The summed E-state index contributed by atoms with van der Waals surface area (Å²) in [6.07, 6.45) is 6.41. The van der Waals surface area contributed by atoms with E-state index in [1.807, 2.05) is 48.5 Å². The molecule has 0 radical (unpaired) electrons. The molecule has 1 aliphatic rings. The molecule has 3 atom stereocenters. The second kappa shape index (κ2) is 17.7. The standard InChI is InChI=1S/C37H42N4O5S/c1-26(43)38-18-4-2-3-9-35(44)41-23-28-7-5-8-32(21-28)29-14-16-31(17-15-29)36-45-33(25-47-37-39-19-6-20-40-37)22-34(46-36)30-12-10-27(24-42)11-13-30/h5-8,10-17,19-21,33-34,36,42H,2-4,9,18,22-25H2,1H3,(H,38,43)(H,41,44)/t33-,34+,36+/m1/s1. The van der Waals surface area contributed by atoms with Crippen molar-refractivity contribution in [1.82, 2.24) is 20.6 Å². The van der Waals surface area contributed by atoms with Gasteiger partial charge in [0.25, 0.3) is 0 Å². The number of nitrogens with one attached hydrogen (secondary N) is 2. The van der Waals surface area contributed by atoms with Crippen molar-refractivity contribution in [3.8, 4) is 11.1 Å². The van der Waals surface area contributed by atoms with Crippen molar-refractivity contribution in [1.29, 1.82) is 0 Å². The van der Waals surface area contributed by atoms with Crippen LogP contribution in [0.4, 0.5) is 0 Å². The molecule has 47 heavy (non-hydrogen) atoms. The summed E-state index contributed by atoms with van der Waals surface area (Å²) >= 11 is 1.57. The first kappa shape index (κ1) is 34.3. The maximum Gasteiger partial charge on any atom is 0.220 e. The SMILES string of the molecule is CC(=O)NCCCCCC(=O)NCc1cccc(-c2ccc([C@H]3O[C@@H](CSc4ncccn4)C[C@@H](c4ccc(CO)cc4)O3)cc2)c1. The third kappa shape index (κ3) is 10.7. The molecule has 9 nitrogen and oxygen atoms in total. The van der Waals surface area contributed by atoms with E-state index in [2.05, 4.69) is 44.9 Å². The molecule has 10 heteroatoms. The molecule has 0 saturated carbocycles. The Morgan fingerprint density at radius 3 is 2.36 bits per heavy atom. The first-order chi connectivity index (χ1) is 23.0. The third-order valence-electron chi connectivity index (χ3n) is 7.94. The van der Waals surface area contributed by atoms with Gasteiger partial charge in [-0.25, -0.2) is 9.97 Å². The predicted molar refractivity (Wildman–Crippen MR) is 182 cm³/mol. The zero-order chi connectivity index (χ0) is 32.8. The quantitative estimate of drug-likeness (QED) is 0.0777. The maximum absolute atomic E-state index is 12.4. The summed E-state index contributed by atoms with van der Waals surface area (Å²) in [4.78, 5) is 32.0. The van der Waals surface area contributed by atoms with Crippen LogP contribution in [-0.4, -0.2) is 45.3 Å². The zero-order valence-corrected chi connectivity index (χ0v) is 27.5. The molecular formula is C37H42N4O5S. The highest BCUT2D eigenvalue weighted by Crippen LogP contribution is 2.39. The van der Waals surface area contributed by atoms with Crippen molar-refractivity contribution in [2.45, 2.75) is 75.8 Å². The van der Waals surface area contributed by atoms with E-state index in [1.165, 1.54) is 6.92 Å². The van der Waals surface area contributed by atoms with Gasteiger partial charge in [-0.3, -0.25) is 9.59 Å². The number of amides is 2. The van der Waals surface area contributed by atoms with E-state index in [1.54, 1.807) is 30.2 Å². The molecule has 1 aromatic heterocycles. The smallest absolute Gasteiger partial charge is 0.220 e. The summed E-state index contributed by atoms with van der Waals surface area (Å²) in [7, 11) is 0. The number of ether oxygens (including phenoxy) is 2. The average Bonchev–Trinajstić information content (AvgIpc) is 3.11. The summed E-state index contributed by atoms with van der Waals surface area (Å²) in [6.45, 7) is 2.63. The number of aromatic nitrogens is 2. The Bertz CT molecular complexity index is 1570. The van der Waals surface area contributed by atoms with Gasteiger partial charge in [0.2, 0.25) is 11.8 Å². The van der Waals surface area contributed by atoms with Gasteiger partial charge in [0, 0.05) is 56.6 Å². The minimum atomic E-state index is -0.547. The lowest BCUT2D eigenvalue weighted by molar-refractivity contribution is -0.245. The molecule has 246 valence electrons. The van der Waals surface area contributed by atoms with Gasteiger partial charge in [-0.05, 0) is 52.8 Å². The van der Waals surface area contributed by atoms with E-state index in [-0.39, 0.29) is 30.6 Å². The van der Waals surface area contributed by atoms with Crippen LogP contribution in [0, 0.1) is 0 Å². The average molecular weight is 655 g/mol. The van der Waals surface area contributed by atoms with E-state index >= 15 is 0 Å². The Morgan fingerprint density at radius 2 is 1.62 bits per heavy atom. The predicted octanol–water partition coefficient (Wildman–Crippen LogP) is 6.29. The third-order valence-corrected chi connectivity index (χ3v) is 8.95. The summed E-state index contributed by atoms with van der Waals surface area (Å²) < 4.78 is 13.0. The molecule has 1 fully saturated rings. The van der Waals surface area contributed by atoms with Crippen molar-refractivity contribution in [2.75, 3.05) is 12.3 Å². The number of carbonyl (C=O) groups is 2. The minimum absolute atomic E-state index is 0.000801. The fraction of sp³-hybridized carbons (Fsp3) is 0.351. The monoisotopic (exact) mass is 654 g/mol. The number of thioether (sulfide) groups is 1. The summed E-state index contributed by atoms with van der Waals surface area (Å²) in [5, 5.41) is 16.0. The largest absolute Gasteiger partial charge is 0.392 e. The lowest BCUT2D eigenvalue weighted by Gasteiger charge is -2.36. The normalized spacial score (nSPS) is 17.6. The fourth-order valence-corrected chi connectivity index (χ4v) is 6.20. The van der Waals surface area contributed by atoms with Crippen LogP contribution in [-0.2, 0) is 32.2 Å². The van der Waals surface area contributed by atoms with Crippen molar-refractivity contribution in [2.24, 2.45) is 0 Å². The van der Waals surface area contributed by atoms with Gasteiger partial charge in [-0.15, -0.1) is 0 Å². The Hall–Kier alpha value is -4.09. The first-order valence-corrected chi connectivity index (χ1v) is 17.1. The van der Waals surface area contributed by atoms with Crippen LogP contribution in [0.25, 0.3) is 11.1 Å². The van der Waals surface area contributed by atoms with Crippen LogP contribution in [0.1, 0.15) is 73.7 Å². The molecule has 0 spiro atoms. The molecule has 0 bridgehead atoms. The van der Waals surface area contributed by atoms with Gasteiger partial charge >= 0.3 is 0 Å². The van der Waals surface area contributed by atoms with Gasteiger partial charge in [0.15, 0.2) is 11.4 Å². The van der Waals surface area contributed by atoms with E-state index in [9.17, 15) is 14.7 Å².